The highest BCUT2D eigenvalue weighted by molar-refractivity contribution is 5.02. The molecule has 102 valence electrons. The van der Waals surface area contributed by atoms with E-state index in [1.165, 1.54) is 13.0 Å². The number of hydrogen-bond donors (Lipinski definition) is 1. The lowest BCUT2D eigenvalue weighted by atomic mass is 9.86. The second kappa shape index (κ2) is 5.43. The Labute approximate surface area is 108 Å². The lowest BCUT2D eigenvalue weighted by Gasteiger charge is -2.40. The second-order valence-electron chi connectivity index (χ2n) is 7.78. The van der Waals surface area contributed by atoms with Crippen molar-refractivity contribution in [1.29, 1.82) is 0 Å². The normalized spacial score (nSPS) is 19.7. The number of allylic oxidation sites excluding steroid dienone is 1. The first-order valence-corrected chi connectivity index (χ1v) is 6.56. The van der Waals surface area contributed by atoms with Crippen LogP contribution in [-0.2, 0) is 0 Å². The maximum atomic E-state index is 5.35. The van der Waals surface area contributed by atoms with Crippen LogP contribution >= 0.6 is 0 Å². The molecule has 1 aliphatic heterocycles. The molecule has 0 spiro atoms. The highest BCUT2D eigenvalue weighted by Gasteiger charge is 2.25. The standard InChI is InChI=1S/C11H21N.C4H11N/c1-10(2,3)12-8-6-11(4,5)7-9-12;1-4(2,3)5/h6,8H,7,9H2,1-5H3;5H2,1-3H3. The Morgan fingerprint density at radius 2 is 1.47 bits per heavy atom. The number of nitrogens with two attached hydrogens (primary N) is 1. The van der Waals surface area contributed by atoms with Gasteiger partial charge in [0.05, 0.1) is 0 Å². The van der Waals surface area contributed by atoms with Crippen molar-refractivity contribution in [3.8, 4) is 0 Å². The van der Waals surface area contributed by atoms with Gasteiger partial charge in [0.15, 0.2) is 0 Å². The summed E-state index contributed by atoms with van der Waals surface area (Å²) in [5.74, 6) is 0. The molecule has 0 unspecified atom stereocenters. The first kappa shape index (κ1) is 16.5. The van der Waals surface area contributed by atoms with E-state index in [0.717, 1.165) is 0 Å². The fraction of sp³-hybridized carbons (Fsp3) is 0.867. The minimum absolute atomic E-state index is 0. The third-order valence-corrected chi connectivity index (χ3v) is 2.56. The van der Waals surface area contributed by atoms with E-state index in [1.54, 1.807) is 0 Å². The zero-order valence-corrected chi connectivity index (χ0v) is 13.1. The van der Waals surface area contributed by atoms with E-state index in [-0.39, 0.29) is 11.1 Å². The Balaban J connectivity index is 0.000000437. The first-order valence-electron chi connectivity index (χ1n) is 6.56. The summed E-state index contributed by atoms with van der Waals surface area (Å²) in [5, 5.41) is 0. The Kier molecular flexibility index (Phi) is 5.27. The minimum atomic E-state index is 0. The predicted molar refractivity (Wildman–Crippen MR) is 77.9 cm³/mol. The summed E-state index contributed by atoms with van der Waals surface area (Å²) < 4.78 is 0. The van der Waals surface area contributed by atoms with E-state index >= 15 is 0 Å². The average Bonchev–Trinajstić information content (AvgIpc) is 1.97. The first-order chi connectivity index (χ1) is 7.31. The summed E-state index contributed by atoms with van der Waals surface area (Å²) in [6, 6.07) is 0. The molecule has 0 aromatic carbocycles. The maximum absolute atomic E-state index is 5.35. The van der Waals surface area contributed by atoms with Gasteiger partial charge >= 0.3 is 0 Å². The van der Waals surface area contributed by atoms with E-state index in [2.05, 4.69) is 51.8 Å². The summed E-state index contributed by atoms with van der Waals surface area (Å²) in [6.45, 7) is 18.5. The van der Waals surface area contributed by atoms with Gasteiger partial charge in [0, 0.05) is 17.6 Å². The van der Waals surface area contributed by atoms with Crippen molar-refractivity contribution >= 4 is 0 Å². The van der Waals surface area contributed by atoms with Crippen LogP contribution in [0.5, 0.6) is 0 Å². The van der Waals surface area contributed by atoms with E-state index < -0.39 is 0 Å². The highest BCUT2D eigenvalue weighted by Crippen LogP contribution is 2.29. The average molecular weight is 240 g/mol. The summed E-state index contributed by atoms with van der Waals surface area (Å²) >= 11 is 0. The van der Waals surface area contributed by atoms with Crippen LogP contribution < -0.4 is 5.73 Å². The van der Waals surface area contributed by atoms with Gasteiger partial charge in [0.2, 0.25) is 0 Å². The Morgan fingerprint density at radius 3 is 1.71 bits per heavy atom. The molecule has 17 heavy (non-hydrogen) atoms. The van der Waals surface area contributed by atoms with Gasteiger partial charge < -0.3 is 10.6 Å². The van der Waals surface area contributed by atoms with Crippen molar-refractivity contribution < 1.29 is 0 Å². The molecular weight excluding hydrogens is 208 g/mol. The lowest BCUT2D eigenvalue weighted by Crippen LogP contribution is -2.41. The molecule has 0 saturated heterocycles. The van der Waals surface area contributed by atoms with Crippen molar-refractivity contribution in [3.05, 3.63) is 12.3 Å². The predicted octanol–water partition coefficient (Wildman–Crippen LogP) is 3.77. The Morgan fingerprint density at radius 1 is 1.06 bits per heavy atom. The van der Waals surface area contributed by atoms with Gasteiger partial charge in [-0.25, -0.2) is 0 Å². The molecule has 0 aromatic rings. The smallest absolute Gasteiger partial charge is 0.0312 e. The minimum Gasteiger partial charge on any atom is -0.373 e. The molecule has 1 rings (SSSR count). The van der Waals surface area contributed by atoms with Crippen LogP contribution in [0.15, 0.2) is 12.3 Å². The van der Waals surface area contributed by atoms with Gasteiger partial charge in [-0.2, -0.15) is 0 Å². The van der Waals surface area contributed by atoms with Crippen LogP contribution in [0.25, 0.3) is 0 Å². The number of nitrogens with zero attached hydrogens (tertiary/aromatic N) is 1. The quantitative estimate of drug-likeness (QED) is 0.698. The van der Waals surface area contributed by atoms with Gasteiger partial charge in [-0.05, 0) is 59.6 Å². The van der Waals surface area contributed by atoms with Crippen LogP contribution in [-0.4, -0.2) is 22.5 Å². The lowest BCUT2D eigenvalue weighted by molar-refractivity contribution is 0.167. The highest BCUT2D eigenvalue weighted by atomic mass is 15.2. The van der Waals surface area contributed by atoms with Crippen molar-refractivity contribution in [2.75, 3.05) is 6.54 Å². The van der Waals surface area contributed by atoms with Gasteiger partial charge in [-0.3, -0.25) is 0 Å². The molecule has 0 bridgehead atoms. The molecule has 2 heteroatoms. The van der Waals surface area contributed by atoms with Crippen LogP contribution in [0.1, 0.15) is 61.8 Å². The summed E-state index contributed by atoms with van der Waals surface area (Å²) in [7, 11) is 0. The maximum Gasteiger partial charge on any atom is 0.0312 e. The second-order valence-corrected chi connectivity index (χ2v) is 7.78. The molecule has 1 aliphatic rings. The van der Waals surface area contributed by atoms with Crippen LogP contribution in [0.4, 0.5) is 0 Å². The van der Waals surface area contributed by atoms with E-state index in [1.807, 2.05) is 20.8 Å². The molecule has 2 nitrogen and oxygen atoms in total. The molecular formula is C15H32N2. The van der Waals surface area contributed by atoms with Crippen LogP contribution in [0.3, 0.4) is 0 Å². The van der Waals surface area contributed by atoms with Gasteiger partial charge in [-0.15, -0.1) is 0 Å². The van der Waals surface area contributed by atoms with Gasteiger partial charge in [-0.1, -0.05) is 19.9 Å². The fourth-order valence-electron chi connectivity index (χ4n) is 1.42. The third-order valence-electron chi connectivity index (χ3n) is 2.56. The largest absolute Gasteiger partial charge is 0.373 e. The van der Waals surface area contributed by atoms with Crippen molar-refractivity contribution in [2.45, 2.75) is 72.9 Å². The molecule has 2 N–H and O–H groups in total. The third kappa shape index (κ3) is 9.22. The summed E-state index contributed by atoms with van der Waals surface area (Å²) in [4.78, 5) is 2.41. The monoisotopic (exact) mass is 240 g/mol. The zero-order valence-electron chi connectivity index (χ0n) is 13.1. The van der Waals surface area contributed by atoms with Crippen LogP contribution in [0.2, 0.25) is 0 Å². The van der Waals surface area contributed by atoms with Crippen molar-refractivity contribution in [1.82, 2.24) is 4.90 Å². The topological polar surface area (TPSA) is 29.3 Å². The molecule has 0 saturated carbocycles. The molecule has 0 fully saturated rings. The number of rotatable bonds is 0. The van der Waals surface area contributed by atoms with Crippen molar-refractivity contribution in [2.24, 2.45) is 11.1 Å². The Hall–Kier alpha value is -0.500. The summed E-state index contributed by atoms with van der Waals surface area (Å²) in [5.41, 5.74) is 6.04. The summed E-state index contributed by atoms with van der Waals surface area (Å²) in [6.07, 6.45) is 5.84. The van der Waals surface area contributed by atoms with E-state index in [4.69, 9.17) is 5.73 Å². The zero-order chi connectivity index (χ0) is 13.9. The van der Waals surface area contributed by atoms with Gasteiger partial charge in [0.25, 0.3) is 0 Å². The SMILES string of the molecule is CC(C)(C)N.CC1(C)C=CN(C(C)(C)C)CC1. The Bertz CT molecular complexity index is 245. The van der Waals surface area contributed by atoms with E-state index in [0.29, 0.717) is 5.41 Å². The van der Waals surface area contributed by atoms with Crippen molar-refractivity contribution in [3.63, 3.8) is 0 Å². The molecule has 0 radical (unpaired) electrons. The molecule has 0 aliphatic carbocycles. The van der Waals surface area contributed by atoms with Crippen LogP contribution in [0, 0.1) is 5.41 Å². The number of hydrogen-bond acceptors (Lipinski definition) is 2. The van der Waals surface area contributed by atoms with E-state index in [9.17, 15) is 0 Å². The molecule has 0 amide bonds. The molecule has 0 atom stereocenters. The molecule has 0 aromatic heterocycles. The fourth-order valence-corrected chi connectivity index (χ4v) is 1.42. The van der Waals surface area contributed by atoms with Gasteiger partial charge in [0.1, 0.15) is 0 Å². The molecule has 1 heterocycles.